The van der Waals surface area contributed by atoms with Crippen molar-refractivity contribution >= 4 is 44.3 Å². The zero-order chi connectivity index (χ0) is 20.8. The van der Waals surface area contributed by atoms with Gasteiger partial charge in [-0.25, -0.2) is 9.59 Å². The summed E-state index contributed by atoms with van der Waals surface area (Å²) in [5.74, 6) is 3.60. The van der Waals surface area contributed by atoms with Crippen LogP contribution in [0.5, 0.6) is 0 Å². The lowest BCUT2D eigenvalue weighted by Crippen LogP contribution is -2.03. The molecule has 4 nitrogen and oxygen atoms in total. The summed E-state index contributed by atoms with van der Waals surface area (Å²) in [5, 5.41) is 25.4. The highest BCUT2D eigenvalue weighted by molar-refractivity contribution is 6.23. The smallest absolute Gasteiger partial charge is 0.335 e. The van der Waals surface area contributed by atoms with E-state index in [-0.39, 0.29) is 11.1 Å². The highest BCUT2D eigenvalue weighted by Crippen LogP contribution is 2.34. The zero-order valence-corrected chi connectivity index (χ0v) is 15.6. The van der Waals surface area contributed by atoms with Crippen LogP contribution in [0.3, 0.4) is 0 Å². The molecule has 0 atom stereocenters. The molecule has 0 aliphatic rings. The van der Waals surface area contributed by atoms with Crippen LogP contribution in [0.25, 0.3) is 32.3 Å². The Morgan fingerprint density at radius 1 is 0.567 bits per heavy atom. The number of benzene rings is 5. The summed E-state index contributed by atoms with van der Waals surface area (Å²) in [6, 6.07) is 22.5. The molecule has 0 saturated heterocycles. The Labute approximate surface area is 171 Å². The SMILES string of the molecule is O=C(O)c1cc(C#Cc2cc3ccc4cccc5ccc(c2)c3c45)cc(C(=O)O)c1. The maximum atomic E-state index is 11.3. The second-order valence-electron chi connectivity index (χ2n) is 7.17. The topological polar surface area (TPSA) is 74.6 Å². The van der Waals surface area contributed by atoms with E-state index >= 15 is 0 Å². The minimum atomic E-state index is -1.19. The molecule has 0 amide bonds. The predicted molar refractivity (Wildman–Crippen MR) is 116 cm³/mol. The molecule has 0 radical (unpaired) electrons. The first kappa shape index (κ1) is 17.7. The van der Waals surface area contributed by atoms with E-state index in [0.29, 0.717) is 5.56 Å². The Kier molecular flexibility index (Phi) is 3.90. The lowest BCUT2D eigenvalue weighted by Gasteiger charge is -2.10. The van der Waals surface area contributed by atoms with Gasteiger partial charge in [0.05, 0.1) is 11.1 Å². The normalized spacial score (nSPS) is 10.9. The number of carboxylic acids is 2. The van der Waals surface area contributed by atoms with E-state index in [9.17, 15) is 19.8 Å². The third-order valence-corrected chi connectivity index (χ3v) is 5.24. The molecule has 0 fully saturated rings. The molecule has 0 heterocycles. The maximum absolute atomic E-state index is 11.3. The van der Waals surface area contributed by atoms with Gasteiger partial charge in [0.15, 0.2) is 0 Å². The van der Waals surface area contributed by atoms with Crippen molar-refractivity contribution in [3.8, 4) is 11.8 Å². The fraction of sp³-hybridized carbons (Fsp3) is 0. The van der Waals surface area contributed by atoms with Crippen LogP contribution in [0.15, 0.2) is 72.8 Å². The van der Waals surface area contributed by atoms with Crippen molar-refractivity contribution < 1.29 is 19.8 Å². The minimum absolute atomic E-state index is 0.102. The number of carboxylic acid groups (broad SMARTS) is 2. The fourth-order valence-electron chi connectivity index (χ4n) is 3.92. The highest BCUT2D eigenvalue weighted by Gasteiger charge is 2.11. The van der Waals surface area contributed by atoms with E-state index in [0.717, 1.165) is 22.4 Å². The zero-order valence-electron chi connectivity index (χ0n) is 15.6. The molecular formula is C26H14O4. The molecule has 142 valence electrons. The molecule has 0 aromatic heterocycles. The third-order valence-electron chi connectivity index (χ3n) is 5.24. The Hall–Kier alpha value is -4.36. The van der Waals surface area contributed by atoms with E-state index in [1.54, 1.807) is 0 Å². The van der Waals surface area contributed by atoms with E-state index in [1.165, 1.54) is 33.7 Å². The number of carbonyl (C=O) groups is 2. The quantitative estimate of drug-likeness (QED) is 0.313. The van der Waals surface area contributed by atoms with Gasteiger partial charge >= 0.3 is 11.9 Å². The molecule has 0 spiro atoms. The summed E-state index contributed by atoms with van der Waals surface area (Å²) in [7, 11) is 0. The van der Waals surface area contributed by atoms with E-state index < -0.39 is 11.9 Å². The summed E-state index contributed by atoms with van der Waals surface area (Å²) in [4.78, 5) is 22.6. The summed E-state index contributed by atoms with van der Waals surface area (Å²) in [5.41, 5.74) is 0.917. The first-order chi connectivity index (χ1) is 14.5. The van der Waals surface area contributed by atoms with Gasteiger partial charge < -0.3 is 10.2 Å². The second kappa shape index (κ2) is 6.61. The molecule has 0 unspecified atom stereocenters. The molecule has 5 rings (SSSR count). The van der Waals surface area contributed by atoms with Gasteiger partial charge in [-0.2, -0.15) is 0 Å². The Morgan fingerprint density at radius 2 is 1.00 bits per heavy atom. The van der Waals surface area contributed by atoms with Crippen molar-refractivity contribution in [3.63, 3.8) is 0 Å². The van der Waals surface area contributed by atoms with Crippen LogP contribution < -0.4 is 0 Å². The average molecular weight is 390 g/mol. The lowest BCUT2D eigenvalue weighted by molar-refractivity contribution is 0.0696. The van der Waals surface area contributed by atoms with E-state index in [4.69, 9.17) is 0 Å². The van der Waals surface area contributed by atoms with Crippen LogP contribution in [-0.4, -0.2) is 22.2 Å². The molecule has 0 bridgehead atoms. The molecule has 0 aliphatic heterocycles. The Balaban J connectivity index is 1.66. The van der Waals surface area contributed by atoms with Crippen LogP contribution in [0, 0.1) is 11.8 Å². The fourth-order valence-corrected chi connectivity index (χ4v) is 3.92. The largest absolute Gasteiger partial charge is 0.478 e. The van der Waals surface area contributed by atoms with Gasteiger partial charge in [-0.05, 0) is 62.6 Å². The summed E-state index contributed by atoms with van der Waals surface area (Å²) >= 11 is 0. The Morgan fingerprint density at radius 3 is 1.50 bits per heavy atom. The van der Waals surface area contributed by atoms with Crippen molar-refractivity contribution in [1.29, 1.82) is 0 Å². The summed E-state index contributed by atoms with van der Waals surface area (Å²) in [6.45, 7) is 0. The lowest BCUT2D eigenvalue weighted by atomic mass is 9.93. The molecule has 2 N–H and O–H groups in total. The van der Waals surface area contributed by atoms with Gasteiger partial charge in [0.2, 0.25) is 0 Å². The standard InChI is InChI=1S/C26H14O4/c27-25(28)21-12-16(13-22(14-21)26(29)30)5-4-15-10-19-8-6-17-2-1-3-18-7-9-20(11-15)24(19)23(17)18/h1-3,6-14H,(H,27,28)(H,29,30). The molecule has 5 aromatic rings. The van der Waals surface area contributed by atoms with Crippen molar-refractivity contribution in [2.24, 2.45) is 0 Å². The molecular weight excluding hydrogens is 376 g/mol. The van der Waals surface area contributed by atoms with Crippen molar-refractivity contribution in [1.82, 2.24) is 0 Å². The highest BCUT2D eigenvalue weighted by atomic mass is 16.4. The van der Waals surface area contributed by atoms with Gasteiger partial charge in [-0.1, -0.05) is 54.3 Å². The molecule has 5 aromatic carbocycles. The van der Waals surface area contributed by atoms with Crippen molar-refractivity contribution in [3.05, 3.63) is 95.1 Å². The number of hydrogen-bond acceptors (Lipinski definition) is 2. The summed E-state index contributed by atoms with van der Waals surface area (Å²) < 4.78 is 0. The van der Waals surface area contributed by atoms with Crippen LogP contribution in [0.4, 0.5) is 0 Å². The number of aromatic carboxylic acids is 2. The van der Waals surface area contributed by atoms with Crippen LogP contribution >= 0.6 is 0 Å². The summed E-state index contributed by atoms with van der Waals surface area (Å²) in [6.07, 6.45) is 0. The van der Waals surface area contributed by atoms with E-state index in [2.05, 4.69) is 54.3 Å². The minimum Gasteiger partial charge on any atom is -0.478 e. The molecule has 0 saturated carbocycles. The van der Waals surface area contributed by atoms with Crippen molar-refractivity contribution in [2.75, 3.05) is 0 Å². The molecule has 30 heavy (non-hydrogen) atoms. The van der Waals surface area contributed by atoms with Crippen LogP contribution in [0.1, 0.15) is 31.8 Å². The first-order valence-electron chi connectivity index (χ1n) is 9.31. The number of hydrogen-bond donors (Lipinski definition) is 2. The Bertz CT molecular complexity index is 1450. The average Bonchev–Trinajstić information content (AvgIpc) is 2.75. The monoisotopic (exact) mass is 390 g/mol. The van der Waals surface area contributed by atoms with Gasteiger partial charge in [0.25, 0.3) is 0 Å². The van der Waals surface area contributed by atoms with Crippen molar-refractivity contribution in [2.45, 2.75) is 0 Å². The van der Waals surface area contributed by atoms with E-state index in [1.807, 2.05) is 12.1 Å². The van der Waals surface area contributed by atoms with Gasteiger partial charge in [-0.3, -0.25) is 0 Å². The maximum Gasteiger partial charge on any atom is 0.335 e. The van der Waals surface area contributed by atoms with Crippen LogP contribution in [0.2, 0.25) is 0 Å². The molecule has 0 aliphatic carbocycles. The second-order valence-corrected chi connectivity index (χ2v) is 7.17. The van der Waals surface area contributed by atoms with Gasteiger partial charge in [0, 0.05) is 11.1 Å². The van der Waals surface area contributed by atoms with Gasteiger partial charge in [0.1, 0.15) is 0 Å². The van der Waals surface area contributed by atoms with Gasteiger partial charge in [-0.15, -0.1) is 0 Å². The molecule has 4 heteroatoms. The number of rotatable bonds is 2. The van der Waals surface area contributed by atoms with Crippen LogP contribution in [-0.2, 0) is 0 Å². The third kappa shape index (κ3) is 2.90. The first-order valence-corrected chi connectivity index (χ1v) is 9.31. The predicted octanol–water partition coefficient (Wildman–Crippen LogP) is 5.38.